The quantitative estimate of drug-likeness (QED) is 0.312. The molecule has 6 heteroatoms. The number of fused-ring (bicyclic) bond motifs is 5. The maximum atomic E-state index is 7.09. The minimum absolute atomic E-state index is 0.142. The number of hydrogen-bond donors (Lipinski definition) is 0. The van der Waals surface area contributed by atoms with Crippen molar-refractivity contribution in [2.75, 3.05) is 7.11 Å². The van der Waals surface area contributed by atoms with Crippen LogP contribution in [0.3, 0.4) is 0 Å². The summed E-state index contributed by atoms with van der Waals surface area (Å²) in [5.74, 6) is 2.96. The molecule has 0 radical (unpaired) electrons. The van der Waals surface area contributed by atoms with E-state index in [-0.39, 0.29) is 5.41 Å². The highest BCUT2D eigenvalue weighted by molar-refractivity contribution is 6.70. The molecule has 8 unspecified atom stereocenters. The van der Waals surface area contributed by atoms with Crippen molar-refractivity contribution in [3.8, 4) is 0 Å². The normalized spacial score (nSPS) is 45.8. The lowest BCUT2D eigenvalue weighted by atomic mass is 9.44. The first kappa shape index (κ1) is 24.9. The first-order valence-corrected chi connectivity index (χ1v) is 20.0. The Kier molecular flexibility index (Phi) is 6.62. The van der Waals surface area contributed by atoms with Gasteiger partial charge in [0.1, 0.15) is 7.11 Å². The molecule has 4 rings (SSSR count). The maximum absolute atomic E-state index is 7.09. The van der Waals surface area contributed by atoms with E-state index in [1.165, 1.54) is 44.2 Å². The molecular weight excluding hydrogens is 430 g/mol. The molecule has 0 spiro atoms. The van der Waals surface area contributed by atoms with Gasteiger partial charge in [-0.25, -0.2) is 0 Å². The summed E-state index contributed by atoms with van der Waals surface area (Å²) in [4.78, 5) is 5.31. The van der Waals surface area contributed by atoms with Crippen LogP contribution in [-0.2, 0) is 13.7 Å². The molecule has 4 fully saturated rings. The Hall–Kier alpha value is -0.176. The molecule has 4 nitrogen and oxygen atoms in total. The summed E-state index contributed by atoms with van der Waals surface area (Å²) in [6, 6.07) is 0. The van der Waals surface area contributed by atoms with E-state index in [1.54, 1.807) is 7.11 Å². The summed E-state index contributed by atoms with van der Waals surface area (Å²) in [6.07, 6.45) is 10.9. The van der Waals surface area contributed by atoms with Crippen molar-refractivity contribution in [2.45, 2.75) is 117 Å². The van der Waals surface area contributed by atoms with E-state index >= 15 is 0 Å². The minimum atomic E-state index is -1.66. The van der Waals surface area contributed by atoms with Crippen molar-refractivity contribution >= 4 is 22.3 Å². The third kappa shape index (κ3) is 4.55. The molecule has 0 amide bonds. The van der Waals surface area contributed by atoms with Gasteiger partial charge in [0.05, 0.1) is 5.71 Å². The Balaban J connectivity index is 1.65. The number of hydrogen-bond acceptors (Lipinski definition) is 4. The van der Waals surface area contributed by atoms with Gasteiger partial charge in [-0.3, -0.25) is 0 Å². The van der Waals surface area contributed by atoms with Crippen molar-refractivity contribution < 1.29 is 13.7 Å². The third-order valence-electron chi connectivity index (χ3n) is 9.50. The van der Waals surface area contributed by atoms with Gasteiger partial charge in [0, 0.05) is 17.6 Å². The lowest BCUT2D eigenvalue weighted by molar-refractivity contribution is -0.157. The Labute approximate surface area is 199 Å². The molecule has 0 heterocycles. The molecule has 184 valence electrons. The van der Waals surface area contributed by atoms with Gasteiger partial charge < -0.3 is 13.7 Å². The van der Waals surface area contributed by atoms with Crippen LogP contribution in [0.5, 0.6) is 0 Å². The largest absolute Gasteiger partial charge is 0.415 e. The van der Waals surface area contributed by atoms with E-state index in [0.717, 1.165) is 30.6 Å². The molecule has 0 saturated heterocycles. The monoisotopic (exact) mass is 479 g/mol. The van der Waals surface area contributed by atoms with E-state index in [9.17, 15) is 0 Å². The zero-order valence-corrected chi connectivity index (χ0v) is 24.3. The van der Waals surface area contributed by atoms with Crippen LogP contribution in [0.15, 0.2) is 5.16 Å². The first-order chi connectivity index (χ1) is 14.8. The van der Waals surface area contributed by atoms with E-state index in [4.69, 9.17) is 13.7 Å². The number of rotatable bonds is 5. The standard InChI is InChI=1S/C26H49NO3Si2/c1-25-15-14-19(29-31(4,5)6)16-18(25)10-11-20-21-12-13-23(27-28-3)26(21,2)17-22(24(20)25)30-32(7,8)9/h18-22,24H,10-17H2,1-9H3. The van der Waals surface area contributed by atoms with Crippen molar-refractivity contribution in [1.29, 1.82) is 0 Å². The molecular formula is C26H49NO3Si2. The molecule has 0 aromatic rings. The summed E-state index contributed by atoms with van der Waals surface area (Å²) < 4.78 is 13.7. The fraction of sp³-hybridized carbons (Fsp3) is 0.962. The second-order valence-corrected chi connectivity index (χ2v) is 22.8. The lowest BCUT2D eigenvalue weighted by Gasteiger charge is -2.63. The van der Waals surface area contributed by atoms with Crippen LogP contribution in [0.25, 0.3) is 0 Å². The molecule has 0 aromatic carbocycles. The van der Waals surface area contributed by atoms with Gasteiger partial charge in [-0.05, 0) is 120 Å². The van der Waals surface area contributed by atoms with Crippen LogP contribution in [-0.4, -0.2) is 41.7 Å². The second kappa shape index (κ2) is 8.49. The summed E-state index contributed by atoms with van der Waals surface area (Å²) in [6.45, 7) is 19.3. The van der Waals surface area contributed by atoms with E-state index in [1.807, 2.05) is 0 Å². The van der Waals surface area contributed by atoms with Crippen molar-refractivity contribution in [3.63, 3.8) is 0 Å². The molecule has 0 aliphatic heterocycles. The summed E-state index contributed by atoms with van der Waals surface area (Å²) >= 11 is 0. The van der Waals surface area contributed by atoms with Crippen molar-refractivity contribution in [2.24, 2.45) is 39.7 Å². The van der Waals surface area contributed by atoms with Crippen LogP contribution >= 0.6 is 0 Å². The summed E-state index contributed by atoms with van der Waals surface area (Å²) in [5.41, 5.74) is 1.82. The van der Waals surface area contributed by atoms with Crippen LogP contribution in [0.4, 0.5) is 0 Å². The number of nitrogens with zero attached hydrogens (tertiary/aromatic N) is 1. The van der Waals surface area contributed by atoms with Gasteiger partial charge in [-0.2, -0.15) is 0 Å². The van der Waals surface area contributed by atoms with Gasteiger partial charge in [0.25, 0.3) is 0 Å². The van der Waals surface area contributed by atoms with E-state index in [0.29, 0.717) is 23.5 Å². The van der Waals surface area contributed by atoms with Gasteiger partial charge in [0.2, 0.25) is 0 Å². The van der Waals surface area contributed by atoms with Crippen LogP contribution in [0.1, 0.15) is 65.2 Å². The van der Waals surface area contributed by atoms with Crippen LogP contribution < -0.4 is 0 Å². The maximum Gasteiger partial charge on any atom is 0.184 e. The zero-order chi connectivity index (χ0) is 23.5. The smallest absolute Gasteiger partial charge is 0.184 e. The highest BCUT2D eigenvalue weighted by Crippen LogP contribution is 2.66. The Morgan fingerprint density at radius 3 is 2.22 bits per heavy atom. The van der Waals surface area contributed by atoms with Crippen molar-refractivity contribution in [3.05, 3.63) is 0 Å². The molecule has 4 saturated carbocycles. The average molecular weight is 480 g/mol. The lowest BCUT2D eigenvalue weighted by Crippen LogP contribution is -2.61. The fourth-order valence-corrected chi connectivity index (χ4v) is 10.9. The fourth-order valence-electron chi connectivity index (χ4n) is 8.53. The van der Waals surface area contributed by atoms with E-state index in [2.05, 4.69) is 58.3 Å². The number of oxime groups is 1. The second-order valence-electron chi connectivity index (χ2n) is 13.9. The predicted molar refractivity (Wildman–Crippen MR) is 138 cm³/mol. The first-order valence-electron chi connectivity index (χ1n) is 13.2. The zero-order valence-electron chi connectivity index (χ0n) is 22.3. The third-order valence-corrected chi connectivity index (χ3v) is 11.5. The Bertz CT molecular complexity index is 730. The van der Waals surface area contributed by atoms with Gasteiger partial charge >= 0.3 is 0 Å². The summed E-state index contributed by atoms with van der Waals surface area (Å²) in [5, 5.41) is 4.55. The summed E-state index contributed by atoms with van der Waals surface area (Å²) in [7, 11) is -1.45. The molecule has 32 heavy (non-hydrogen) atoms. The van der Waals surface area contributed by atoms with Crippen LogP contribution in [0.2, 0.25) is 39.3 Å². The molecule has 0 N–H and O–H groups in total. The molecule has 0 bridgehead atoms. The molecule has 4 aliphatic rings. The minimum Gasteiger partial charge on any atom is -0.415 e. The Morgan fingerprint density at radius 2 is 1.59 bits per heavy atom. The molecule has 8 atom stereocenters. The van der Waals surface area contributed by atoms with Gasteiger partial charge in [-0.1, -0.05) is 19.0 Å². The molecule has 0 aromatic heterocycles. The van der Waals surface area contributed by atoms with Crippen molar-refractivity contribution in [1.82, 2.24) is 0 Å². The Morgan fingerprint density at radius 1 is 0.906 bits per heavy atom. The highest BCUT2D eigenvalue weighted by Gasteiger charge is 2.63. The SMILES string of the molecule is CON=C1CCC2C3CCC4CC(O[Si](C)(C)C)CCC4(C)C3C(O[Si](C)(C)C)CC12C. The van der Waals surface area contributed by atoms with Crippen LogP contribution in [0, 0.1) is 34.5 Å². The van der Waals surface area contributed by atoms with E-state index < -0.39 is 16.6 Å². The van der Waals surface area contributed by atoms with Gasteiger partial charge in [0.15, 0.2) is 16.6 Å². The predicted octanol–water partition coefficient (Wildman–Crippen LogP) is 7.08. The topological polar surface area (TPSA) is 40.0 Å². The highest BCUT2D eigenvalue weighted by atomic mass is 28.4. The average Bonchev–Trinajstić information content (AvgIpc) is 2.95. The molecule has 4 aliphatic carbocycles. The van der Waals surface area contributed by atoms with Gasteiger partial charge in [-0.15, -0.1) is 0 Å².